The number of benzene rings is 1. The molecule has 0 saturated heterocycles. The van der Waals surface area contributed by atoms with Crippen molar-refractivity contribution in [2.75, 3.05) is 11.9 Å². The minimum Gasteiger partial charge on any atom is -0.478 e. The van der Waals surface area contributed by atoms with Gasteiger partial charge in [-0.2, -0.15) is 5.26 Å². The van der Waals surface area contributed by atoms with E-state index in [9.17, 15) is 4.79 Å². The van der Waals surface area contributed by atoms with Crippen LogP contribution in [0.2, 0.25) is 0 Å². The van der Waals surface area contributed by atoms with Gasteiger partial charge >= 0.3 is 5.97 Å². The Morgan fingerprint density at radius 3 is 2.90 bits per heavy atom. The number of anilines is 1. The van der Waals surface area contributed by atoms with E-state index in [1.165, 1.54) is 0 Å². The van der Waals surface area contributed by atoms with Gasteiger partial charge < -0.3 is 10.4 Å². The van der Waals surface area contributed by atoms with Crippen molar-refractivity contribution in [2.24, 2.45) is 0 Å². The van der Waals surface area contributed by atoms with Gasteiger partial charge in [0.15, 0.2) is 0 Å². The monoisotopic (exact) mass is 282 g/mol. The lowest BCUT2D eigenvalue weighted by Gasteiger charge is -2.06. The number of aryl methyl sites for hydroxylation is 1. The molecule has 0 atom stereocenters. The number of aromatic nitrogens is 2. The Morgan fingerprint density at radius 2 is 2.19 bits per heavy atom. The maximum Gasteiger partial charge on any atom is 0.335 e. The SMILES string of the molecule is Cc1cc(C#N)nc(NCCc2cccc(C(=O)O)c2)n1. The summed E-state index contributed by atoms with van der Waals surface area (Å²) >= 11 is 0. The first kappa shape index (κ1) is 14.5. The number of nitrogens with zero attached hydrogens (tertiary/aromatic N) is 3. The van der Waals surface area contributed by atoms with Gasteiger partial charge in [-0.3, -0.25) is 0 Å². The maximum atomic E-state index is 10.9. The number of carboxylic acid groups (broad SMARTS) is 1. The van der Waals surface area contributed by atoms with Gasteiger partial charge in [-0.25, -0.2) is 14.8 Å². The second kappa shape index (κ2) is 6.48. The third kappa shape index (κ3) is 4.01. The van der Waals surface area contributed by atoms with Gasteiger partial charge in [-0.15, -0.1) is 0 Å². The summed E-state index contributed by atoms with van der Waals surface area (Å²) in [4.78, 5) is 19.1. The molecular weight excluding hydrogens is 268 g/mol. The quantitative estimate of drug-likeness (QED) is 0.870. The maximum absolute atomic E-state index is 10.9. The van der Waals surface area contributed by atoms with Gasteiger partial charge in [0.05, 0.1) is 5.56 Å². The van der Waals surface area contributed by atoms with Crippen molar-refractivity contribution in [2.45, 2.75) is 13.3 Å². The van der Waals surface area contributed by atoms with Gasteiger partial charge in [-0.1, -0.05) is 12.1 Å². The van der Waals surface area contributed by atoms with Crippen molar-refractivity contribution in [3.05, 3.63) is 52.8 Å². The summed E-state index contributed by atoms with van der Waals surface area (Å²) in [6.07, 6.45) is 0.639. The van der Waals surface area contributed by atoms with Crippen LogP contribution in [0.15, 0.2) is 30.3 Å². The molecule has 0 saturated carbocycles. The van der Waals surface area contributed by atoms with Gasteiger partial charge in [0.1, 0.15) is 11.8 Å². The highest BCUT2D eigenvalue weighted by Crippen LogP contribution is 2.08. The lowest BCUT2D eigenvalue weighted by atomic mass is 10.1. The fraction of sp³-hybridized carbons (Fsp3) is 0.200. The minimum absolute atomic E-state index is 0.270. The molecule has 0 amide bonds. The molecule has 2 aromatic rings. The van der Waals surface area contributed by atoms with Crippen LogP contribution in [0.4, 0.5) is 5.95 Å². The summed E-state index contributed by atoms with van der Waals surface area (Å²) in [6, 6.07) is 10.4. The Bertz CT molecular complexity index is 707. The zero-order chi connectivity index (χ0) is 15.2. The summed E-state index contributed by atoms with van der Waals surface area (Å²) in [5.74, 6) is -0.536. The Labute approximate surface area is 122 Å². The number of nitriles is 1. The van der Waals surface area contributed by atoms with Crippen LogP contribution in [0, 0.1) is 18.3 Å². The molecule has 2 rings (SSSR count). The largest absolute Gasteiger partial charge is 0.478 e. The molecule has 0 aliphatic carbocycles. The topological polar surface area (TPSA) is 98.9 Å². The molecule has 6 nitrogen and oxygen atoms in total. The van der Waals surface area contributed by atoms with E-state index in [1.54, 1.807) is 31.2 Å². The molecule has 0 fully saturated rings. The van der Waals surface area contributed by atoms with Crippen molar-refractivity contribution in [1.29, 1.82) is 5.26 Å². The average Bonchev–Trinajstić information content (AvgIpc) is 2.47. The van der Waals surface area contributed by atoms with Gasteiger partial charge in [0.2, 0.25) is 5.95 Å². The van der Waals surface area contributed by atoms with E-state index < -0.39 is 5.97 Å². The molecule has 106 valence electrons. The zero-order valence-corrected chi connectivity index (χ0v) is 11.5. The second-order valence-corrected chi connectivity index (χ2v) is 4.51. The molecule has 2 N–H and O–H groups in total. The Balaban J connectivity index is 1.98. The highest BCUT2D eigenvalue weighted by Gasteiger charge is 2.04. The molecule has 0 radical (unpaired) electrons. The summed E-state index contributed by atoms with van der Waals surface area (Å²) in [7, 11) is 0. The predicted molar refractivity (Wildman–Crippen MR) is 77.1 cm³/mol. The lowest BCUT2D eigenvalue weighted by molar-refractivity contribution is 0.0696. The fourth-order valence-electron chi connectivity index (χ4n) is 1.88. The standard InChI is InChI=1S/C15H14N4O2/c1-10-7-13(9-16)19-15(18-10)17-6-5-11-3-2-4-12(8-11)14(20)21/h2-4,7-8H,5-6H2,1H3,(H,20,21)(H,17,18,19). The molecule has 0 aliphatic heterocycles. The summed E-state index contributed by atoms with van der Waals surface area (Å²) in [5, 5.41) is 20.8. The molecule has 21 heavy (non-hydrogen) atoms. The van der Waals surface area contributed by atoms with Gasteiger partial charge in [0.25, 0.3) is 0 Å². The first-order valence-corrected chi connectivity index (χ1v) is 6.40. The molecule has 0 unspecified atom stereocenters. The molecule has 1 aromatic heterocycles. The fourth-order valence-corrected chi connectivity index (χ4v) is 1.88. The average molecular weight is 282 g/mol. The third-order valence-corrected chi connectivity index (χ3v) is 2.84. The van der Waals surface area contributed by atoms with Crippen LogP contribution in [0.1, 0.15) is 27.3 Å². The number of carbonyl (C=O) groups is 1. The van der Waals surface area contributed by atoms with Crippen molar-refractivity contribution >= 4 is 11.9 Å². The Hall–Kier alpha value is -2.94. The number of aromatic carboxylic acids is 1. The number of rotatable bonds is 5. The van der Waals surface area contributed by atoms with E-state index in [0.29, 0.717) is 24.6 Å². The van der Waals surface area contributed by atoms with Crippen LogP contribution >= 0.6 is 0 Å². The first-order valence-electron chi connectivity index (χ1n) is 6.40. The molecule has 1 aromatic carbocycles. The van der Waals surface area contributed by atoms with E-state index >= 15 is 0 Å². The van der Waals surface area contributed by atoms with Gasteiger partial charge in [0, 0.05) is 12.2 Å². The lowest BCUT2D eigenvalue weighted by Crippen LogP contribution is -2.09. The van der Waals surface area contributed by atoms with E-state index in [-0.39, 0.29) is 5.56 Å². The highest BCUT2D eigenvalue weighted by atomic mass is 16.4. The van der Waals surface area contributed by atoms with Crippen LogP contribution in [0.5, 0.6) is 0 Å². The van der Waals surface area contributed by atoms with E-state index in [0.717, 1.165) is 11.3 Å². The normalized spacial score (nSPS) is 9.90. The van der Waals surface area contributed by atoms with E-state index in [4.69, 9.17) is 10.4 Å². The summed E-state index contributed by atoms with van der Waals surface area (Å²) in [5.41, 5.74) is 2.22. The first-order chi connectivity index (χ1) is 10.1. The summed E-state index contributed by atoms with van der Waals surface area (Å²) < 4.78 is 0. The molecule has 6 heteroatoms. The Kier molecular flexibility index (Phi) is 4.46. The van der Waals surface area contributed by atoms with E-state index in [2.05, 4.69) is 15.3 Å². The van der Waals surface area contributed by atoms with Crippen LogP contribution in [-0.4, -0.2) is 27.6 Å². The highest BCUT2D eigenvalue weighted by molar-refractivity contribution is 5.87. The number of nitrogens with one attached hydrogen (secondary N) is 1. The van der Waals surface area contributed by atoms with Crippen molar-refractivity contribution < 1.29 is 9.90 Å². The van der Waals surface area contributed by atoms with Crippen molar-refractivity contribution in [3.8, 4) is 6.07 Å². The third-order valence-electron chi connectivity index (χ3n) is 2.84. The molecule has 0 bridgehead atoms. The smallest absolute Gasteiger partial charge is 0.335 e. The van der Waals surface area contributed by atoms with Crippen LogP contribution < -0.4 is 5.32 Å². The second-order valence-electron chi connectivity index (χ2n) is 4.51. The van der Waals surface area contributed by atoms with E-state index in [1.807, 2.05) is 12.1 Å². The van der Waals surface area contributed by atoms with Crippen LogP contribution in [0.25, 0.3) is 0 Å². The molecule has 1 heterocycles. The number of hydrogen-bond donors (Lipinski definition) is 2. The van der Waals surface area contributed by atoms with Crippen LogP contribution in [0.3, 0.4) is 0 Å². The molecule has 0 aliphatic rings. The predicted octanol–water partition coefficient (Wildman–Crippen LogP) is 2.01. The Morgan fingerprint density at radius 1 is 1.38 bits per heavy atom. The number of hydrogen-bond acceptors (Lipinski definition) is 5. The van der Waals surface area contributed by atoms with Gasteiger partial charge in [-0.05, 0) is 37.1 Å². The molecular formula is C15H14N4O2. The minimum atomic E-state index is -0.939. The number of carboxylic acids is 1. The van der Waals surface area contributed by atoms with Crippen LogP contribution in [-0.2, 0) is 6.42 Å². The van der Waals surface area contributed by atoms with Crippen molar-refractivity contribution in [3.63, 3.8) is 0 Å². The molecule has 0 spiro atoms. The zero-order valence-electron chi connectivity index (χ0n) is 11.5. The van der Waals surface area contributed by atoms with Crippen molar-refractivity contribution in [1.82, 2.24) is 9.97 Å². The summed E-state index contributed by atoms with van der Waals surface area (Å²) in [6.45, 7) is 2.35.